The average molecular weight is 471 g/mol. The van der Waals surface area contributed by atoms with Crippen LogP contribution in [0.5, 0.6) is 0 Å². The zero-order chi connectivity index (χ0) is 23.1. The fourth-order valence-corrected chi connectivity index (χ4v) is 4.35. The van der Waals surface area contributed by atoms with Gasteiger partial charge in [-0.15, -0.1) is 0 Å². The minimum atomic E-state index is -4.40. The van der Waals surface area contributed by atoms with Crippen LogP contribution in [0.25, 0.3) is 0 Å². The summed E-state index contributed by atoms with van der Waals surface area (Å²) in [7, 11) is 0. The number of anilines is 2. The van der Waals surface area contributed by atoms with Crippen LogP contribution in [0.2, 0.25) is 0 Å². The second-order valence-electron chi connectivity index (χ2n) is 7.70. The third kappa shape index (κ3) is 6.95. The van der Waals surface area contributed by atoms with Crippen LogP contribution in [0.1, 0.15) is 31.2 Å². The lowest BCUT2D eigenvalue weighted by molar-refractivity contribution is -0.384. The van der Waals surface area contributed by atoms with Crippen molar-refractivity contribution in [3.8, 4) is 0 Å². The van der Waals surface area contributed by atoms with E-state index in [0.717, 1.165) is 31.9 Å². The van der Waals surface area contributed by atoms with Crippen molar-refractivity contribution in [2.75, 3.05) is 23.7 Å². The third-order valence-electron chi connectivity index (χ3n) is 5.46. The standard InChI is InChI=1S/C20H25F3N6O2S/c21-20(22,23)32-17-4-2-1-3-15(17)11-26-19-27-12-16(29(30)31)18(28-19)25-10-14-7-5-13(9-24)6-8-14/h1-4,12-14H,5-11,24H2,(H2,25,26,27,28). The van der Waals surface area contributed by atoms with E-state index in [1.54, 1.807) is 12.1 Å². The molecule has 2 aromatic rings. The van der Waals surface area contributed by atoms with Gasteiger partial charge in [-0.2, -0.15) is 18.2 Å². The molecule has 0 bridgehead atoms. The van der Waals surface area contributed by atoms with E-state index in [2.05, 4.69) is 20.6 Å². The number of alkyl halides is 3. The SMILES string of the molecule is NCC1CCC(CNc2nc(NCc3ccccc3SC(F)(F)F)ncc2[N+](=O)[O-])CC1. The average Bonchev–Trinajstić information content (AvgIpc) is 2.76. The summed E-state index contributed by atoms with van der Waals surface area (Å²) in [4.78, 5) is 19.0. The quantitative estimate of drug-likeness (QED) is 0.272. The molecule has 1 heterocycles. The van der Waals surface area contributed by atoms with Crippen LogP contribution in [0.3, 0.4) is 0 Å². The first kappa shape index (κ1) is 24.1. The Kier molecular flexibility index (Phi) is 8.13. The summed E-state index contributed by atoms with van der Waals surface area (Å²) >= 11 is -0.193. The topological polar surface area (TPSA) is 119 Å². The van der Waals surface area contributed by atoms with E-state index >= 15 is 0 Å². The first-order valence-electron chi connectivity index (χ1n) is 10.3. The van der Waals surface area contributed by atoms with E-state index in [0.29, 0.717) is 30.5 Å². The minimum Gasteiger partial charge on any atom is -0.364 e. The Morgan fingerprint density at radius 3 is 2.50 bits per heavy atom. The van der Waals surface area contributed by atoms with Crippen LogP contribution in [0.15, 0.2) is 35.4 Å². The Morgan fingerprint density at radius 2 is 1.84 bits per heavy atom. The van der Waals surface area contributed by atoms with Crippen molar-refractivity contribution in [2.24, 2.45) is 17.6 Å². The predicted octanol–water partition coefficient (Wildman–Crippen LogP) is 4.79. The van der Waals surface area contributed by atoms with Crippen molar-refractivity contribution < 1.29 is 18.1 Å². The van der Waals surface area contributed by atoms with Gasteiger partial charge >= 0.3 is 11.2 Å². The first-order valence-corrected chi connectivity index (χ1v) is 11.1. The molecule has 0 aliphatic heterocycles. The van der Waals surface area contributed by atoms with E-state index in [1.807, 2.05) is 0 Å². The van der Waals surface area contributed by atoms with Crippen LogP contribution < -0.4 is 16.4 Å². The molecule has 0 spiro atoms. The highest BCUT2D eigenvalue weighted by Crippen LogP contribution is 2.38. The van der Waals surface area contributed by atoms with Crippen LogP contribution in [0, 0.1) is 22.0 Å². The second kappa shape index (κ2) is 10.8. The van der Waals surface area contributed by atoms with Gasteiger partial charge in [0.1, 0.15) is 6.20 Å². The molecule has 0 radical (unpaired) electrons. The fourth-order valence-electron chi connectivity index (χ4n) is 3.69. The molecular formula is C20H25F3N6O2S. The van der Waals surface area contributed by atoms with Gasteiger partial charge < -0.3 is 16.4 Å². The van der Waals surface area contributed by atoms with E-state index in [9.17, 15) is 23.3 Å². The molecule has 0 atom stereocenters. The summed E-state index contributed by atoms with van der Waals surface area (Å²) in [5, 5.41) is 17.3. The molecule has 1 aliphatic carbocycles. The number of halogens is 3. The fraction of sp³-hybridized carbons (Fsp3) is 0.500. The van der Waals surface area contributed by atoms with Crippen molar-refractivity contribution in [2.45, 2.75) is 42.6 Å². The largest absolute Gasteiger partial charge is 0.446 e. The molecular weight excluding hydrogens is 445 g/mol. The molecule has 0 amide bonds. The maximum atomic E-state index is 12.8. The van der Waals surface area contributed by atoms with Crippen LogP contribution in [0.4, 0.5) is 30.6 Å². The van der Waals surface area contributed by atoms with Crippen LogP contribution >= 0.6 is 11.8 Å². The number of benzene rings is 1. The van der Waals surface area contributed by atoms with Crippen LogP contribution in [-0.4, -0.2) is 33.5 Å². The molecule has 1 saturated carbocycles. The number of thioether (sulfide) groups is 1. The molecule has 174 valence electrons. The highest BCUT2D eigenvalue weighted by Gasteiger charge is 2.30. The third-order valence-corrected chi connectivity index (χ3v) is 6.31. The number of aromatic nitrogens is 2. The smallest absolute Gasteiger partial charge is 0.364 e. The maximum Gasteiger partial charge on any atom is 0.446 e. The molecule has 3 rings (SSSR count). The molecule has 12 heteroatoms. The Hall–Kier alpha value is -2.60. The maximum absolute atomic E-state index is 12.8. The minimum absolute atomic E-state index is 0.0413. The van der Waals surface area contributed by atoms with Gasteiger partial charge in [-0.25, -0.2) is 4.98 Å². The molecule has 1 aromatic heterocycles. The summed E-state index contributed by atoms with van der Waals surface area (Å²) in [5.41, 5.74) is 1.49. The number of rotatable bonds is 9. The predicted molar refractivity (Wildman–Crippen MR) is 117 cm³/mol. The second-order valence-corrected chi connectivity index (χ2v) is 8.80. The molecule has 4 N–H and O–H groups in total. The van der Waals surface area contributed by atoms with E-state index in [4.69, 9.17) is 5.73 Å². The number of nitro groups is 1. The molecule has 0 saturated heterocycles. The van der Waals surface area contributed by atoms with Gasteiger partial charge in [0, 0.05) is 18.0 Å². The van der Waals surface area contributed by atoms with Crippen LogP contribution in [-0.2, 0) is 6.54 Å². The number of hydrogen-bond acceptors (Lipinski definition) is 8. The highest BCUT2D eigenvalue weighted by atomic mass is 32.2. The number of nitrogens with two attached hydrogens (primary N) is 1. The van der Waals surface area contributed by atoms with Crippen molar-refractivity contribution in [3.05, 3.63) is 46.1 Å². The molecule has 0 unspecified atom stereocenters. The number of hydrogen-bond donors (Lipinski definition) is 3. The molecule has 1 aliphatic rings. The number of nitrogens with zero attached hydrogens (tertiary/aromatic N) is 3. The van der Waals surface area contributed by atoms with Gasteiger partial charge in [-0.1, -0.05) is 18.2 Å². The monoisotopic (exact) mass is 470 g/mol. The summed E-state index contributed by atoms with van der Waals surface area (Å²) < 4.78 is 38.3. The highest BCUT2D eigenvalue weighted by molar-refractivity contribution is 8.00. The number of nitrogens with one attached hydrogen (secondary N) is 2. The Morgan fingerprint density at radius 1 is 1.16 bits per heavy atom. The summed E-state index contributed by atoms with van der Waals surface area (Å²) in [6, 6.07) is 6.13. The molecule has 32 heavy (non-hydrogen) atoms. The van der Waals surface area contributed by atoms with E-state index in [-0.39, 0.29) is 40.7 Å². The van der Waals surface area contributed by atoms with Crippen molar-refractivity contribution >= 4 is 29.2 Å². The summed E-state index contributed by atoms with van der Waals surface area (Å²) in [6.45, 7) is 1.26. The lowest BCUT2D eigenvalue weighted by Gasteiger charge is -2.27. The van der Waals surface area contributed by atoms with E-state index in [1.165, 1.54) is 12.1 Å². The zero-order valence-electron chi connectivity index (χ0n) is 17.3. The van der Waals surface area contributed by atoms with E-state index < -0.39 is 10.4 Å². The lowest BCUT2D eigenvalue weighted by atomic mass is 9.82. The van der Waals surface area contributed by atoms with Gasteiger partial charge in [-0.05, 0) is 67.5 Å². The van der Waals surface area contributed by atoms with Gasteiger partial charge in [0.05, 0.1) is 4.92 Å². The van der Waals surface area contributed by atoms with Crippen molar-refractivity contribution in [1.29, 1.82) is 0 Å². The van der Waals surface area contributed by atoms with Crippen molar-refractivity contribution in [3.63, 3.8) is 0 Å². The van der Waals surface area contributed by atoms with Gasteiger partial charge in [-0.3, -0.25) is 10.1 Å². The Labute approximate surface area is 187 Å². The Bertz CT molecular complexity index is 922. The first-order chi connectivity index (χ1) is 15.2. The normalized spacial score (nSPS) is 18.9. The van der Waals surface area contributed by atoms with Gasteiger partial charge in [0.25, 0.3) is 0 Å². The molecule has 1 fully saturated rings. The lowest BCUT2D eigenvalue weighted by Crippen LogP contribution is -2.25. The van der Waals surface area contributed by atoms with Crippen molar-refractivity contribution in [1.82, 2.24) is 9.97 Å². The van der Waals surface area contributed by atoms with Gasteiger partial charge in [0.15, 0.2) is 0 Å². The summed E-state index contributed by atoms with van der Waals surface area (Å²) in [5.74, 6) is 1.09. The molecule has 8 nitrogen and oxygen atoms in total. The zero-order valence-corrected chi connectivity index (χ0v) is 18.1. The summed E-state index contributed by atoms with van der Waals surface area (Å²) in [6.07, 6.45) is 5.16. The Balaban J connectivity index is 1.66. The van der Waals surface area contributed by atoms with Gasteiger partial charge in [0.2, 0.25) is 11.8 Å². The molecule has 1 aromatic carbocycles.